The molecule has 2 heterocycles. The molecule has 0 atom stereocenters. The van der Waals surface area contributed by atoms with Crippen LogP contribution in [0.25, 0.3) is 0 Å². The van der Waals surface area contributed by atoms with Crippen LogP contribution in [0.4, 0.5) is 18.9 Å². The predicted molar refractivity (Wildman–Crippen MR) is 65.3 cm³/mol. The highest BCUT2D eigenvalue weighted by Gasteiger charge is 2.36. The molecule has 110 valence electrons. The molecule has 2 rings (SSSR count). The summed E-state index contributed by atoms with van der Waals surface area (Å²) in [5.41, 5.74) is -0.312. The minimum absolute atomic E-state index is 0.0231. The molecule has 0 aliphatic heterocycles. The van der Waals surface area contributed by atoms with Gasteiger partial charge in [-0.05, 0) is 0 Å². The number of aryl methyl sites for hydroxylation is 2. The molecule has 0 bridgehead atoms. The molecule has 0 spiro atoms. The van der Waals surface area contributed by atoms with E-state index < -0.39 is 11.9 Å². The molecule has 0 unspecified atom stereocenters. The van der Waals surface area contributed by atoms with E-state index >= 15 is 0 Å². The van der Waals surface area contributed by atoms with Crippen LogP contribution in [-0.4, -0.2) is 26.7 Å². The third kappa shape index (κ3) is 2.86. The Labute approximate surface area is 113 Å². The number of alkyl halides is 3. The molecule has 0 amide bonds. The number of hydrogen-bond donors (Lipinski definition) is 1. The Kier molecular flexibility index (Phi) is 3.60. The number of methoxy groups -OCH3 is 1. The van der Waals surface area contributed by atoms with Gasteiger partial charge in [0.15, 0.2) is 5.69 Å². The van der Waals surface area contributed by atoms with Gasteiger partial charge in [0.1, 0.15) is 5.69 Å². The average Bonchev–Trinajstić information content (AvgIpc) is 2.88. The Morgan fingerprint density at radius 2 is 1.85 bits per heavy atom. The molecule has 0 aliphatic rings. The van der Waals surface area contributed by atoms with Crippen molar-refractivity contribution in [3.63, 3.8) is 0 Å². The van der Waals surface area contributed by atoms with Gasteiger partial charge in [0.2, 0.25) is 0 Å². The number of halogens is 3. The average molecular weight is 289 g/mol. The molecular weight excluding hydrogens is 275 g/mol. The second-order valence-corrected chi connectivity index (χ2v) is 4.25. The minimum atomic E-state index is -4.47. The summed E-state index contributed by atoms with van der Waals surface area (Å²) in [6.07, 6.45) is -1.52. The number of rotatable bonds is 4. The van der Waals surface area contributed by atoms with Gasteiger partial charge in [-0.2, -0.15) is 18.3 Å². The number of hydrogen-bond acceptors (Lipinski definition) is 4. The fraction of sp³-hybridized carbons (Fsp3) is 0.455. The lowest BCUT2D eigenvalue weighted by molar-refractivity contribution is -0.142. The van der Waals surface area contributed by atoms with Crippen molar-refractivity contribution in [2.45, 2.75) is 12.7 Å². The van der Waals surface area contributed by atoms with Crippen LogP contribution in [0, 0.1) is 0 Å². The van der Waals surface area contributed by atoms with Crippen LogP contribution < -0.4 is 10.1 Å². The van der Waals surface area contributed by atoms with Gasteiger partial charge in [-0.15, -0.1) is 5.10 Å². The van der Waals surface area contributed by atoms with Crippen molar-refractivity contribution < 1.29 is 17.9 Å². The monoisotopic (exact) mass is 289 g/mol. The topological polar surface area (TPSA) is 56.9 Å². The van der Waals surface area contributed by atoms with E-state index in [2.05, 4.69) is 15.5 Å². The van der Waals surface area contributed by atoms with Crippen LogP contribution in [0.15, 0.2) is 12.4 Å². The second kappa shape index (κ2) is 5.06. The lowest BCUT2D eigenvalue weighted by Crippen LogP contribution is -2.11. The SMILES string of the molecule is COc1nn(C)cc1NCc1cn(C)nc1C(F)(F)F. The van der Waals surface area contributed by atoms with Crippen LogP contribution >= 0.6 is 0 Å². The highest BCUT2D eigenvalue weighted by atomic mass is 19.4. The summed E-state index contributed by atoms with van der Waals surface area (Å²) in [4.78, 5) is 0. The third-order valence-electron chi connectivity index (χ3n) is 2.63. The summed E-state index contributed by atoms with van der Waals surface area (Å²) in [5, 5.41) is 10.3. The molecule has 2 aromatic heterocycles. The maximum atomic E-state index is 12.8. The molecule has 2 aromatic rings. The number of aromatic nitrogens is 4. The highest BCUT2D eigenvalue weighted by molar-refractivity contribution is 5.51. The maximum absolute atomic E-state index is 12.8. The Morgan fingerprint density at radius 3 is 2.45 bits per heavy atom. The maximum Gasteiger partial charge on any atom is 0.435 e. The molecule has 9 heteroatoms. The molecule has 0 fully saturated rings. The van der Waals surface area contributed by atoms with Crippen LogP contribution in [0.5, 0.6) is 5.88 Å². The summed E-state index contributed by atoms with van der Waals surface area (Å²) in [6.45, 7) is -0.0231. The minimum Gasteiger partial charge on any atom is -0.478 e. The quantitative estimate of drug-likeness (QED) is 0.932. The van der Waals surface area contributed by atoms with Gasteiger partial charge in [0.05, 0.1) is 13.3 Å². The first-order chi connectivity index (χ1) is 9.31. The zero-order valence-electron chi connectivity index (χ0n) is 11.2. The molecular formula is C11H14F3N5O. The third-order valence-corrected chi connectivity index (χ3v) is 2.63. The van der Waals surface area contributed by atoms with Gasteiger partial charge in [-0.1, -0.05) is 0 Å². The van der Waals surface area contributed by atoms with Crippen molar-refractivity contribution in [2.75, 3.05) is 12.4 Å². The first kappa shape index (κ1) is 14.2. The van der Waals surface area contributed by atoms with Crippen LogP contribution in [0.2, 0.25) is 0 Å². The molecule has 1 N–H and O–H groups in total. The summed E-state index contributed by atoms with van der Waals surface area (Å²) < 4.78 is 46.0. The van der Waals surface area contributed by atoms with Gasteiger partial charge in [0, 0.05) is 32.4 Å². The van der Waals surface area contributed by atoms with E-state index in [1.807, 2.05) is 0 Å². The largest absolute Gasteiger partial charge is 0.478 e. The first-order valence-corrected chi connectivity index (χ1v) is 5.72. The fourth-order valence-corrected chi connectivity index (χ4v) is 1.84. The Morgan fingerprint density at radius 1 is 1.20 bits per heavy atom. The fourth-order valence-electron chi connectivity index (χ4n) is 1.84. The molecule has 0 aliphatic carbocycles. The van der Waals surface area contributed by atoms with Crippen LogP contribution in [0.3, 0.4) is 0 Å². The van der Waals surface area contributed by atoms with E-state index in [-0.39, 0.29) is 12.1 Å². The van der Waals surface area contributed by atoms with Crippen LogP contribution in [0.1, 0.15) is 11.3 Å². The summed E-state index contributed by atoms with van der Waals surface area (Å²) in [7, 11) is 4.58. The van der Waals surface area contributed by atoms with Crippen LogP contribution in [-0.2, 0) is 26.8 Å². The molecule has 0 radical (unpaired) electrons. The lowest BCUT2D eigenvalue weighted by Gasteiger charge is -2.07. The summed E-state index contributed by atoms with van der Waals surface area (Å²) >= 11 is 0. The van der Waals surface area contributed by atoms with Crippen molar-refractivity contribution in [3.05, 3.63) is 23.7 Å². The van der Waals surface area contributed by atoms with E-state index in [1.165, 1.54) is 25.0 Å². The molecule has 6 nitrogen and oxygen atoms in total. The van der Waals surface area contributed by atoms with E-state index in [1.54, 1.807) is 13.2 Å². The predicted octanol–water partition coefficient (Wildman–Crippen LogP) is 1.79. The molecule has 0 saturated heterocycles. The highest BCUT2D eigenvalue weighted by Crippen LogP contribution is 2.31. The standard InChI is InChI=1S/C11H14F3N5O/c1-18-5-7(9(16-18)11(12,13)14)4-15-8-6-19(2)17-10(8)20-3/h5-6,15H,4H2,1-3H3. The van der Waals surface area contributed by atoms with Gasteiger partial charge >= 0.3 is 6.18 Å². The van der Waals surface area contributed by atoms with Crippen molar-refractivity contribution in [1.82, 2.24) is 19.6 Å². The van der Waals surface area contributed by atoms with Gasteiger partial charge in [0.25, 0.3) is 5.88 Å². The van der Waals surface area contributed by atoms with E-state index in [4.69, 9.17) is 4.74 Å². The van der Waals surface area contributed by atoms with Gasteiger partial charge in [-0.25, -0.2) is 0 Å². The van der Waals surface area contributed by atoms with Crippen molar-refractivity contribution in [3.8, 4) is 5.88 Å². The van der Waals surface area contributed by atoms with E-state index in [9.17, 15) is 13.2 Å². The zero-order chi connectivity index (χ0) is 14.9. The Balaban J connectivity index is 2.19. The second-order valence-electron chi connectivity index (χ2n) is 4.25. The van der Waals surface area contributed by atoms with Crippen molar-refractivity contribution in [1.29, 1.82) is 0 Å². The molecule has 0 saturated carbocycles. The Bertz CT molecular complexity index is 602. The molecule has 0 aromatic carbocycles. The lowest BCUT2D eigenvalue weighted by atomic mass is 10.2. The number of nitrogens with one attached hydrogen (secondary N) is 1. The van der Waals surface area contributed by atoms with E-state index in [0.717, 1.165) is 4.68 Å². The van der Waals surface area contributed by atoms with E-state index in [0.29, 0.717) is 11.6 Å². The smallest absolute Gasteiger partial charge is 0.435 e. The van der Waals surface area contributed by atoms with Crippen molar-refractivity contribution in [2.24, 2.45) is 14.1 Å². The van der Waals surface area contributed by atoms with Gasteiger partial charge < -0.3 is 10.1 Å². The first-order valence-electron chi connectivity index (χ1n) is 5.72. The molecule has 20 heavy (non-hydrogen) atoms. The van der Waals surface area contributed by atoms with Gasteiger partial charge in [-0.3, -0.25) is 9.36 Å². The normalized spacial score (nSPS) is 11.7. The summed E-state index contributed by atoms with van der Waals surface area (Å²) in [5.74, 6) is 0.324. The Hall–Kier alpha value is -2.19. The number of ether oxygens (including phenoxy) is 1. The number of nitrogens with zero attached hydrogens (tertiary/aromatic N) is 4. The zero-order valence-corrected chi connectivity index (χ0v) is 11.2. The summed E-state index contributed by atoms with van der Waals surface area (Å²) in [6, 6.07) is 0. The number of anilines is 1. The van der Waals surface area contributed by atoms with Crippen molar-refractivity contribution >= 4 is 5.69 Å².